The Hall–Kier alpha value is -1.65. The Balaban J connectivity index is 1.88. The molecule has 5 heteroatoms. The average Bonchev–Trinajstić information content (AvgIpc) is 2.31. The van der Waals surface area contributed by atoms with Crippen LogP contribution in [0, 0.1) is 0 Å². The number of hydrogen-bond acceptors (Lipinski definition) is 3. The molecule has 1 heterocycles. The van der Waals surface area contributed by atoms with E-state index in [0.29, 0.717) is 18.6 Å². The van der Waals surface area contributed by atoms with Gasteiger partial charge in [0.05, 0.1) is 0 Å². The van der Waals surface area contributed by atoms with E-state index in [1.807, 2.05) is 0 Å². The summed E-state index contributed by atoms with van der Waals surface area (Å²) in [5.74, 6) is -0.280. The lowest BCUT2D eigenvalue weighted by molar-refractivity contribution is -0.121. The standard InChI is InChI=1S/C11H15N3O2/c15-10-7-6-9(13-14-10)11(16)12-8-4-2-1-3-5-8/h1-2,8H,3-7H2,(H,12,16)(H,14,15). The molecule has 0 saturated heterocycles. The highest BCUT2D eigenvalue weighted by molar-refractivity contribution is 6.39. The van der Waals surface area contributed by atoms with Crippen molar-refractivity contribution in [3.8, 4) is 0 Å². The van der Waals surface area contributed by atoms with Crippen LogP contribution >= 0.6 is 0 Å². The Morgan fingerprint density at radius 2 is 2.31 bits per heavy atom. The van der Waals surface area contributed by atoms with Crippen molar-refractivity contribution in [2.45, 2.75) is 38.1 Å². The molecule has 86 valence electrons. The van der Waals surface area contributed by atoms with Crippen molar-refractivity contribution in [3.05, 3.63) is 12.2 Å². The van der Waals surface area contributed by atoms with Crippen LogP contribution in [0.1, 0.15) is 32.1 Å². The second-order valence-corrected chi connectivity index (χ2v) is 4.05. The van der Waals surface area contributed by atoms with Gasteiger partial charge in [-0.25, -0.2) is 5.43 Å². The highest BCUT2D eigenvalue weighted by Gasteiger charge is 2.20. The summed E-state index contributed by atoms with van der Waals surface area (Å²) in [6, 6.07) is 0.206. The van der Waals surface area contributed by atoms with Gasteiger partial charge in [-0.05, 0) is 19.3 Å². The fourth-order valence-corrected chi connectivity index (χ4v) is 1.83. The summed E-state index contributed by atoms with van der Waals surface area (Å²) < 4.78 is 0. The van der Waals surface area contributed by atoms with E-state index in [1.165, 1.54) is 0 Å². The molecule has 0 aromatic carbocycles. The van der Waals surface area contributed by atoms with Gasteiger partial charge in [0.15, 0.2) is 0 Å². The zero-order chi connectivity index (χ0) is 11.4. The summed E-state index contributed by atoms with van der Waals surface area (Å²) >= 11 is 0. The fourth-order valence-electron chi connectivity index (χ4n) is 1.83. The van der Waals surface area contributed by atoms with E-state index in [1.54, 1.807) is 0 Å². The second-order valence-electron chi connectivity index (χ2n) is 4.05. The van der Waals surface area contributed by atoms with Gasteiger partial charge in [0.2, 0.25) is 5.91 Å². The molecule has 2 amide bonds. The third-order valence-electron chi connectivity index (χ3n) is 2.77. The topological polar surface area (TPSA) is 70.6 Å². The van der Waals surface area contributed by atoms with E-state index in [-0.39, 0.29) is 17.9 Å². The minimum atomic E-state index is -0.152. The van der Waals surface area contributed by atoms with Gasteiger partial charge in [-0.15, -0.1) is 0 Å². The van der Waals surface area contributed by atoms with Gasteiger partial charge in [0.25, 0.3) is 5.91 Å². The summed E-state index contributed by atoms with van der Waals surface area (Å²) in [6.45, 7) is 0. The summed E-state index contributed by atoms with van der Waals surface area (Å²) in [5, 5.41) is 6.69. The van der Waals surface area contributed by atoms with E-state index in [2.05, 4.69) is 28.0 Å². The molecule has 0 saturated carbocycles. The molecule has 0 radical (unpaired) electrons. The highest BCUT2D eigenvalue weighted by atomic mass is 16.2. The number of carbonyl (C=O) groups is 2. The Bertz CT molecular complexity index is 360. The number of nitrogens with zero attached hydrogens (tertiary/aromatic N) is 1. The van der Waals surface area contributed by atoms with E-state index in [4.69, 9.17) is 0 Å². The number of rotatable bonds is 2. The molecule has 0 spiro atoms. The van der Waals surface area contributed by atoms with E-state index >= 15 is 0 Å². The van der Waals surface area contributed by atoms with Crippen molar-refractivity contribution < 1.29 is 9.59 Å². The van der Waals surface area contributed by atoms with Crippen LogP contribution in [-0.4, -0.2) is 23.6 Å². The predicted molar refractivity (Wildman–Crippen MR) is 59.7 cm³/mol. The van der Waals surface area contributed by atoms with Crippen LogP contribution in [0.5, 0.6) is 0 Å². The Morgan fingerprint density at radius 3 is 2.94 bits per heavy atom. The van der Waals surface area contributed by atoms with Crippen molar-refractivity contribution >= 4 is 17.5 Å². The monoisotopic (exact) mass is 221 g/mol. The van der Waals surface area contributed by atoms with E-state index in [0.717, 1.165) is 19.3 Å². The third-order valence-corrected chi connectivity index (χ3v) is 2.77. The lowest BCUT2D eigenvalue weighted by atomic mass is 10.0. The van der Waals surface area contributed by atoms with Crippen LogP contribution in [0.25, 0.3) is 0 Å². The van der Waals surface area contributed by atoms with Crippen LogP contribution in [0.4, 0.5) is 0 Å². The number of nitrogens with one attached hydrogen (secondary N) is 2. The molecule has 5 nitrogen and oxygen atoms in total. The lowest BCUT2D eigenvalue weighted by Crippen LogP contribution is -2.42. The summed E-state index contributed by atoms with van der Waals surface area (Å²) in [5.41, 5.74) is 2.75. The minimum Gasteiger partial charge on any atom is -0.348 e. The van der Waals surface area contributed by atoms with Crippen LogP contribution in [0.2, 0.25) is 0 Å². The number of hydrazone groups is 1. The summed E-state index contributed by atoms with van der Waals surface area (Å²) in [7, 11) is 0. The first-order valence-corrected chi connectivity index (χ1v) is 5.57. The molecular formula is C11H15N3O2. The Morgan fingerprint density at radius 1 is 1.44 bits per heavy atom. The molecule has 16 heavy (non-hydrogen) atoms. The quantitative estimate of drug-likeness (QED) is 0.666. The van der Waals surface area contributed by atoms with Gasteiger partial charge >= 0.3 is 0 Å². The first kappa shape index (κ1) is 10.9. The second kappa shape index (κ2) is 4.92. The number of amides is 2. The van der Waals surface area contributed by atoms with Gasteiger partial charge in [-0.3, -0.25) is 9.59 Å². The first-order valence-electron chi connectivity index (χ1n) is 5.57. The maximum absolute atomic E-state index is 11.8. The molecule has 1 aliphatic heterocycles. The Kier molecular flexibility index (Phi) is 3.34. The summed E-state index contributed by atoms with van der Waals surface area (Å²) in [4.78, 5) is 22.6. The zero-order valence-corrected chi connectivity index (χ0v) is 9.03. The summed E-state index contributed by atoms with van der Waals surface area (Å²) in [6.07, 6.45) is 7.85. The van der Waals surface area contributed by atoms with Gasteiger partial charge in [-0.2, -0.15) is 5.10 Å². The number of carbonyl (C=O) groups excluding carboxylic acids is 2. The molecule has 0 fully saturated rings. The van der Waals surface area contributed by atoms with Crippen molar-refractivity contribution in [1.29, 1.82) is 0 Å². The third kappa shape index (κ3) is 2.68. The molecule has 0 aromatic rings. The predicted octanol–water partition coefficient (Wildman–Crippen LogP) is 0.477. The fraction of sp³-hybridized carbons (Fsp3) is 0.545. The van der Waals surface area contributed by atoms with Gasteiger partial charge in [-0.1, -0.05) is 12.2 Å². The van der Waals surface area contributed by atoms with Gasteiger partial charge in [0, 0.05) is 18.9 Å². The maximum Gasteiger partial charge on any atom is 0.267 e. The molecule has 2 rings (SSSR count). The van der Waals surface area contributed by atoms with E-state index in [9.17, 15) is 9.59 Å². The minimum absolute atomic E-state index is 0.128. The zero-order valence-electron chi connectivity index (χ0n) is 9.03. The smallest absolute Gasteiger partial charge is 0.267 e. The van der Waals surface area contributed by atoms with Gasteiger partial charge in [0.1, 0.15) is 5.71 Å². The molecule has 0 aromatic heterocycles. The average molecular weight is 221 g/mol. The first-order chi connectivity index (χ1) is 7.75. The molecule has 2 aliphatic rings. The van der Waals surface area contributed by atoms with Gasteiger partial charge < -0.3 is 5.32 Å². The van der Waals surface area contributed by atoms with Crippen molar-refractivity contribution in [2.75, 3.05) is 0 Å². The SMILES string of the molecule is O=C1CCC(C(=O)NC2CC=CCC2)=NN1. The largest absolute Gasteiger partial charge is 0.348 e. The normalized spacial score (nSPS) is 24.6. The lowest BCUT2D eigenvalue weighted by Gasteiger charge is -2.20. The van der Waals surface area contributed by atoms with Crippen molar-refractivity contribution in [3.63, 3.8) is 0 Å². The molecule has 1 aliphatic carbocycles. The number of hydrogen-bond donors (Lipinski definition) is 2. The maximum atomic E-state index is 11.8. The Labute approximate surface area is 94.0 Å². The van der Waals surface area contributed by atoms with Crippen molar-refractivity contribution in [1.82, 2.24) is 10.7 Å². The molecular weight excluding hydrogens is 206 g/mol. The van der Waals surface area contributed by atoms with Crippen LogP contribution < -0.4 is 10.7 Å². The van der Waals surface area contributed by atoms with Crippen LogP contribution in [0.15, 0.2) is 17.3 Å². The highest BCUT2D eigenvalue weighted by Crippen LogP contribution is 2.11. The van der Waals surface area contributed by atoms with E-state index < -0.39 is 0 Å². The number of allylic oxidation sites excluding steroid dienone is 1. The van der Waals surface area contributed by atoms with Crippen LogP contribution in [-0.2, 0) is 9.59 Å². The van der Waals surface area contributed by atoms with Crippen molar-refractivity contribution in [2.24, 2.45) is 5.10 Å². The molecule has 1 unspecified atom stereocenters. The molecule has 2 N–H and O–H groups in total. The molecule has 1 atom stereocenters. The van der Waals surface area contributed by atoms with Crippen LogP contribution in [0.3, 0.4) is 0 Å². The molecule has 0 bridgehead atoms.